The van der Waals surface area contributed by atoms with Crippen molar-refractivity contribution in [3.05, 3.63) is 62.3 Å². The number of hydrogen-bond donors (Lipinski definition) is 2. The molecule has 2 N–H and O–H groups in total. The van der Waals surface area contributed by atoms with Gasteiger partial charge in [0, 0.05) is 17.5 Å². The Hall–Kier alpha value is -3.39. The molecule has 3 heterocycles. The van der Waals surface area contributed by atoms with E-state index in [2.05, 4.69) is 10.6 Å². The van der Waals surface area contributed by atoms with Gasteiger partial charge in [-0.3, -0.25) is 14.4 Å². The third kappa shape index (κ3) is 3.33. The predicted molar refractivity (Wildman–Crippen MR) is 119 cm³/mol. The van der Waals surface area contributed by atoms with Gasteiger partial charge in [-0.1, -0.05) is 12.1 Å². The quantitative estimate of drug-likeness (QED) is 0.491. The number of benzene rings is 1. The van der Waals surface area contributed by atoms with Gasteiger partial charge in [0.25, 0.3) is 11.8 Å². The lowest BCUT2D eigenvalue weighted by Crippen LogP contribution is -2.25. The first-order valence-corrected chi connectivity index (χ1v) is 11.1. The highest BCUT2D eigenvalue weighted by atomic mass is 32.1. The van der Waals surface area contributed by atoms with Crippen molar-refractivity contribution in [1.82, 2.24) is 5.32 Å². The van der Waals surface area contributed by atoms with Crippen LogP contribution in [0, 0.1) is 0 Å². The lowest BCUT2D eigenvalue weighted by atomic mass is 9.95. The molecule has 4 aromatic rings. The molecule has 8 heteroatoms. The summed E-state index contributed by atoms with van der Waals surface area (Å²) in [6.07, 6.45) is 3.82. The minimum atomic E-state index is -0.529. The third-order valence-corrected chi connectivity index (χ3v) is 6.67. The van der Waals surface area contributed by atoms with Gasteiger partial charge in [0.15, 0.2) is 5.76 Å². The number of amides is 2. The Morgan fingerprint density at radius 3 is 2.71 bits per heavy atom. The summed E-state index contributed by atoms with van der Waals surface area (Å²) in [5.74, 6) is -0.758. The second-order valence-corrected chi connectivity index (χ2v) is 8.57. The highest BCUT2D eigenvalue weighted by Crippen LogP contribution is 2.38. The zero-order valence-electron chi connectivity index (χ0n) is 16.9. The van der Waals surface area contributed by atoms with Crippen LogP contribution in [0.15, 0.2) is 44.0 Å². The molecule has 3 aromatic heterocycles. The number of hydrogen-bond acceptors (Lipinski definition) is 6. The van der Waals surface area contributed by atoms with Crippen molar-refractivity contribution < 1.29 is 18.4 Å². The van der Waals surface area contributed by atoms with Crippen LogP contribution in [0.3, 0.4) is 0 Å². The van der Waals surface area contributed by atoms with E-state index in [1.165, 1.54) is 17.4 Å². The molecule has 1 aromatic carbocycles. The average molecular weight is 436 g/mol. The number of para-hydroxylation sites is 1. The van der Waals surface area contributed by atoms with Gasteiger partial charge < -0.3 is 19.5 Å². The Labute approximate surface area is 181 Å². The Balaban J connectivity index is 1.53. The first-order valence-electron chi connectivity index (χ1n) is 10.3. The second kappa shape index (κ2) is 7.70. The molecule has 158 valence electrons. The molecular formula is C23H20N2O5S. The van der Waals surface area contributed by atoms with E-state index in [4.69, 9.17) is 8.83 Å². The molecule has 0 aliphatic heterocycles. The van der Waals surface area contributed by atoms with E-state index < -0.39 is 5.91 Å². The van der Waals surface area contributed by atoms with Gasteiger partial charge in [-0.25, -0.2) is 0 Å². The van der Waals surface area contributed by atoms with Crippen LogP contribution in [0.1, 0.15) is 51.1 Å². The number of furan rings is 1. The van der Waals surface area contributed by atoms with Crippen LogP contribution in [0.4, 0.5) is 5.00 Å². The van der Waals surface area contributed by atoms with Gasteiger partial charge in [-0.2, -0.15) is 0 Å². The summed E-state index contributed by atoms with van der Waals surface area (Å²) >= 11 is 1.43. The van der Waals surface area contributed by atoms with Gasteiger partial charge in [0.2, 0.25) is 5.43 Å². The van der Waals surface area contributed by atoms with Crippen LogP contribution in [0.5, 0.6) is 0 Å². The average Bonchev–Trinajstić information content (AvgIpc) is 3.35. The van der Waals surface area contributed by atoms with E-state index >= 15 is 0 Å². The fraction of sp³-hybridized carbons (Fsp3) is 0.261. The zero-order valence-corrected chi connectivity index (χ0v) is 17.7. The van der Waals surface area contributed by atoms with E-state index in [0.29, 0.717) is 28.1 Å². The molecule has 0 fully saturated rings. The molecule has 0 saturated heterocycles. The van der Waals surface area contributed by atoms with Crippen LogP contribution in [0.25, 0.3) is 22.1 Å². The second-order valence-electron chi connectivity index (χ2n) is 7.47. The smallest absolute Gasteiger partial charge is 0.302 e. The first kappa shape index (κ1) is 19.6. The maximum absolute atomic E-state index is 13.0. The Morgan fingerprint density at radius 1 is 1.06 bits per heavy atom. The molecule has 7 nitrogen and oxygen atoms in total. The van der Waals surface area contributed by atoms with Crippen LogP contribution < -0.4 is 16.1 Å². The van der Waals surface area contributed by atoms with Crippen molar-refractivity contribution in [2.45, 2.75) is 32.6 Å². The SMILES string of the molecule is CCNC(=O)c1c(NC(=O)c2cc3c(=O)c4ccccc4oc3o2)sc2c1CCCC2. The van der Waals surface area contributed by atoms with E-state index in [1.807, 2.05) is 6.92 Å². The first-order chi connectivity index (χ1) is 15.1. The van der Waals surface area contributed by atoms with Crippen LogP contribution in [0.2, 0.25) is 0 Å². The molecule has 0 bridgehead atoms. The van der Waals surface area contributed by atoms with Gasteiger partial charge >= 0.3 is 5.78 Å². The molecule has 31 heavy (non-hydrogen) atoms. The molecule has 1 aliphatic rings. The van der Waals surface area contributed by atoms with Crippen molar-refractivity contribution in [2.75, 3.05) is 11.9 Å². The Kier molecular flexibility index (Phi) is 4.86. The molecule has 0 radical (unpaired) electrons. The number of rotatable bonds is 4. The van der Waals surface area contributed by atoms with Crippen molar-refractivity contribution in [3.8, 4) is 0 Å². The number of anilines is 1. The number of thiophene rings is 1. The highest BCUT2D eigenvalue weighted by molar-refractivity contribution is 7.17. The van der Waals surface area contributed by atoms with E-state index in [0.717, 1.165) is 36.1 Å². The summed E-state index contributed by atoms with van der Waals surface area (Å²) in [7, 11) is 0. The number of aryl methyl sites for hydroxylation is 1. The fourth-order valence-electron chi connectivity index (χ4n) is 4.02. The van der Waals surface area contributed by atoms with E-state index in [9.17, 15) is 14.4 Å². The van der Waals surface area contributed by atoms with Crippen molar-refractivity contribution in [2.24, 2.45) is 0 Å². The molecular weight excluding hydrogens is 416 g/mol. The number of carbonyl (C=O) groups is 2. The normalized spacial score (nSPS) is 13.3. The van der Waals surface area contributed by atoms with Crippen molar-refractivity contribution >= 4 is 50.3 Å². The lowest BCUT2D eigenvalue weighted by Gasteiger charge is -2.12. The largest absolute Gasteiger partial charge is 0.425 e. The molecule has 2 amide bonds. The topological polar surface area (TPSA) is 102 Å². The van der Waals surface area contributed by atoms with Gasteiger partial charge in [-0.15, -0.1) is 11.3 Å². The minimum Gasteiger partial charge on any atom is -0.425 e. The summed E-state index contributed by atoms with van der Waals surface area (Å²) in [5, 5.41) is 6.80. The standard InChI is InChI=1S/C23H20N2O5S/c1-2-24-21(28)18-13-8-4-6-10-17(13)31-22(18)25-20(27)16-11-14-19(26)12-7-3-5-9-15(12)29-23(14)30-16/h3,5,7,9,11H,2,4,6,8,10H2,1H3,(H,24,28)(H,25,27). The highest BCUT2D eigenvalue weighted by Gasteiger charge is 2.27. The van der Waals surface area contributed by atoms with Gasteiger partial charge in [-0.05, 0) is 50.3 Å². The number of fused-ring (bicyclic) bond motifs is 3. The van der Waals surface area contributed by atoms with E-state index in [1.54, 1.807) is 24.3 Å². The molecule has 5 rings (SSSR count). The van der Waals surface area contributed by atoms with Gasteiger partial charge in [0.05, 0.1) is 10.9 Å². The minimum absolute atomic E-state index is 0.00303. The summed E-state index contributed by atoms with van der Waals surface area (Å²) in [5.41, 5.74) is 1.69. The molecule has 0 saturated carbocycles. The molecule has 0 spiro atoms. The molecule has 1 aliphatic carbocycles. The lowest BCUT2D eigenvalue weighted by molar-refractivity contribution is 0.0956. The maximum Gasteiger partial charge on any atom is 0.302 e. The fourth-order valence-corrected chi connectivity index (χ4v) is 5.30. The van der Waals surface area contributed by atoms with Crippen molar-refractivity contribution in [1.29, 1.82) is 0 Å². The Bertz CT molecular complexity index is 1390. The predicted octanol–water partition coefficient (Wildman–Crippen LogP) is 4.48. The summed E-state index contributed by atoms with van der Waals surface area (Å²) in [4.78, 5) is 39.5. The number of nitrogens with one attached hydrogen (secondary N) is 2. The Morgan fingerprint density at radius 2 is 1.87 bits per heavy atom. The van der Waals surface area contributed by atoms with Crippen LogP contribution >= 0.6 is 11.3 Å². The summed E-state index contributed by atoms with van der Waals surface area (Å²) in [6.45, 7) is 2.36. The summed E-state index contributed by atoms with van der Waals surface area (Å²) in [6, 6.07) is 8.24. The van der Waals surface area contributed by atoms with Crippen LogP contribution in [-0.4, -0.2) is 18.4 Å². The monoisotopic (exact) mass is 436 g/mol. The number of carbonyl (C=O) groups excluding carboxylic acids is 2. The maximum atomic E-state index is 13.0. The molecule has 0 unspecified atom stereocenters. The van der Waals surface area contributed by atoms with E-state index in [-0.39, 0.29) is 28.3 Å². The third-order valence-electron chi connectivity index (χ3n) is 5.46. The zero-order chi connectivity index (χ0) is 21.5. The molecule has 0 atom stereocenters. The summed E-state index contributed by atoms with van der Waals surface area (Å²) < 4.78 is 11.2. The van der Waals surface area contributed by atoms with Gasteiger partial charge in [0.1, 0.15) is 16.0 Å². The van der Waals surface area contributed by atoms with Crippen molar-refractivity contribution in [3.63, 3.8) is 0 Å². The van der Waals surface area contributed by atoms with Crippen LogP contribution in [-0.2, 0) is 12.8 Å².